The Morgan fingerprint density at radius 3 is 2.87 bits per heavy atom. The Labute approximate surface area is 92.3 Å². The van der Waals surface area contributed by atoms with Gasteiger partial charge in [0.1, 0.15) is 0 Å². The summed E-state index contributed by atoms with van der Waals surface area (Å²) in [7, 11) is 0. The second-order valence-corrected chi connectivity index (χ2v) is 4.65. The van der Waals surface area contributed by atoms with Crippen LogP contribution in [0.1, 0.15) is 33.1 Å². The van der Waals surface area contributed by atoms with Gasteiger partial charge in [0.25, 0.3) is 0 Å². The minimum atomic E-state index is -0.407. The van der Waals surface area contributed by atoms with E-state index >= 15 is 0 Å². The van der Waals surface area contributed by atoms with E-state index in [1.54, 1.807) is 6.08 Å². The maximum Gasteiger partial charge on any atom is 0.240 e. The zero-order valence-electron chi connectivity index (χ0n) is 9.78. The van der Waals surface area contributed by atoms with Gasteiger partial charge >= 0.3 is 0 Å². The van der Waals surface area contributed by atoms with Crippen LogP contribution in [0.15, 0.2) is 12.7 Å². The summed E-state index contributed by atoms with van der Waals surface area (Å²) in [5, 5.41) is 0. The second-order valence-electron chi connectivity index (χ2n) is 4.65. The summed E-state index contributed by atoms with van der Waals surface area (Å²) in [5.41, 5.74) is 5.80. The Kier molecular flexibility index (Phi) is 4.33. The average Bonchev–Trinajstić information content (AvgIpc) is 2.21. The Bertz CT molecular complexity index is 240. The first kappa shape index (κ1) is 12.2. The number of likely N-dealkylation sites (tertiary alicyclic amines) is 1. The lowest BCUT2D eigenvalue weighted by Gasteiger charge is -2.38. The predicted molar refractivity (Wildman–Crippen MR) is 62.4 cm³/mol. The van der Waals surface area contributed by atoms with Gasteiger partial charge in [0.15, 0.2) is 0 Å². The molecule has 0 aromatic heterocycles. The third-order valence-corrected chi connectivity index (χ3v) is 3.14. The van der Waals surface area contributed by atoms with Crippen molar-refractivity contribution in [1.82, 2.24) is 4.90 Å². The zero-order valence-corrected chi connectivity index (χ0v) is 9.78. The maximum atomic E-state index is 12.0. The summed E-state index contributed by atoms with van der Waals surface area (Å²) in [6, 6.07) is -0.0696. The van der Waals surface area contributed by atoms with Crippen molar-refractivity contribution in [3.05, 3.63) is 12.7 Å². The van der Waals surface area contributed by atoms with Crippen molar-refractivity contribution in [2.24, 2.45) is 11.7 Å². The maximum absolute atomic E-state index is 12.0. The second kappa shape index (κ2) is 5.31. The van der Waals surface area contributed by atoms with E-state index in [0.717, 1.165) is 13.0 Å². The van der Waals surface area contributed by atoms with Gasteiger partial charge in [-0.15, -0.1) is 6.58 Å². The van der Waals surface area contributed by atoms with Crippen LogP contribution < -0.4 is 5.73 Å². The Morgan fingerprint density at radius 2 is 2.27 bits per heavy atom. The zero-order chi connectivity index (χ0) is 11.4. The van der Waals surface area contributed by atoms with E-state index in [1.807, 2.05) is 4.90 Å². The SMILES string of the molecule is C=CCC(N)C(=O)N1CC(C)CCC1C. The lowest BCUT2D eigenvalue weighted by Crippen LogP contribution is -2.51. The molecular formula is C12H22N2O. The summed E-state index contributed by atoms with van der Waals surface area (Å²) in [4.78, 5) is 13.9. The molecule has 0 saturated carbocycles. The van der Waals surface area contributed by atoms with Gasteiger partial charge in [-0.25, -0.2) is 0 Å². The van der Waals surface area contributed by atoms with E-state index in [4.69, 9.17) is 5.73 Å². The van der Waals surface area contributed by atoms with Crippen molar-refractivity contribution in [1.29, 1.82) is 0 Å². The molecular weight excluding hydrogens is 188 g/mol. The highest BCUT2D eigenvalue weighted by Gasteiger charge is 2.29. The highest BCUT2D eigenvalue weighted by Crippen LogP contribution is 2.22. The molecule has 1 aliphatic heterocycles. The largest absolute Gasteiger partial charge is 0.338 e. The minimum absolute atomic E-state index is 0.0777. The van der Waals surface area contributed by atoms with Crippen LogP contribution in [0.25, 0.3) is 0 Å². The predicted octanol–water partition coefficient (Wildman–Crippen LogP) is 1.54. The number of nitrogens with two attached hydrogens (primary N) is 1. The molecule has 0 radical (unpaired) electrons. The molecule has 0 bridgehead atoms. The van der Waals surface area contributed by atoms with Gasteiger partial charge in [0.2, 0.25) is 5.91 Å². The molecule has 1 rings (SSSR count). The first-order valence-corrected chi connectivity index (χ1v) is 5.73. The molecule has 3 unspecified atom stereocenters. The number of carbonyl (C=O) groups excluding carboxylic acids is 1. The fourth-order valence-electron chi connectivity index (χ4n) is 2.09. The summed E-state index contributed by atoms with van der Waals surface area (Å²) >= 11 is 0. The molecule has 86 valence electrons. The number of nitrogens with zero attached hydrogens (tertiary/aromatic N) is 1. The summed E-state index contributed by atoms with van der Waals surface area (Å²) < 4.78 is 0. The molecule has 1 saturated heterocycles. The highest BCUT2D eigenvalue weighted by molar-refractivity contribution is 5.82. The molecule has 3 atom stereocenters. The fraction of sp³-hybridized carbons (Fsp3) is 0.750. The van der Waals surface area contributed by atoms with Crippen LogP contribution in [0, 0.1) is 5.92 Å². The summed E-state index contributed by atoms with van der Waals surface area (Å²) in [5.74, 6) is 0.676. The monoisotopic (exact) mass is 210 g/mol. The molecule has 0 aliphatic carbocycles. The van der Waals surface area contributed by atoms with Gasteiger partial charge in [-0.2, -0.15) is 0 Å². The number of rotatable bonds is 3. The number of amides is 1. The van der Waals surface area contributed by atoms with Crippen LogP contribution >= 0.6 is 0 Å². The first-order chi connectivity index (χ1) is 7.06. The molecule has 0 aromatic rings. The van der Waals surface area contributed by atoms with Crippen molar-refractivity contribution in [2.75, 3.05) is 6.54 Å². The van der Waals surface area contributed by atoms with Crippen LogP contribution in [-0.2, 0) is 4.79 Å². The van der Waals surface area contributed by atoms with Gasteiger partial charge < -0.3 is 10.6 Å². The van der Waals surface area contributed by atoms with Crippen molar-refractivity contribution in [2.45, 2.75) is 45.2 Å². The number of hydrogen-bond donors (Lipinski definition) is 1. The molecule has 1 heterocycles. The molecule has 0 aromatic carbocycles. The van der Waals surface area contributed by atoms with E-state index in [0.29, 0.717) is 18.4 Å². The summed E-state index contributed by atoms with van der Waals surface area (Å²) in [6.45, 7) is 8.75. The summed E-state index contributed by atoms with van der Waals surface area (Å²) in [6.07, 6.45) is 4.58. The lowest BCUT2D eigenvalue weighted by atomic mass is 9.94. The smallest absolute Gasteiger partial charge is 0.240 e. The third-order valence-electron chi connectivity index (χ3n) is 3.14. The Balaban J connectivity index is 2.59. The van der Waals surface area contributed by atoms with Gasteiger partial charge in [-0.3, -0.25) is 4.79 Å². The fourth-order valence-corrected chi connectivity index (χ4v) is 2.09. The van der Waals surface area contributed by atoms with E-state index in [2.05, 4.69) is 20.4 Å². The van der Waals surface area contributed by atoms with Crippen LogP contribution in [0.3, 0.4) is 0 Å². The van der Waals surface area contributed by atoms with Crippen molar-refractivity contribution in [3.8, 4) is 0 Å². The highest BCUT2D eigenvalue weighted by atomic mass is 16.2. The molecule has 2 N–H and O–H groups in total. The quantitative estimate of drug-likeness (QED) is 0.718. The van der Waals surface area contributed by atoms with Gasteiger partial charge in [0.05, 0.1) is 6.04 Å². The molecule has 1 fully saturated rings. The number of hydrogen-bond acceptors (Lipinski definition) is 2. The number of piperidine rings is 1. The van der Waals surface area contributed by atoms with Crippen molar-refractivity contribution >= 4 is 5.91 Å². The lowest BCUT2D eigenvalue weighted by molar-refractivity contribution is -0.136. The third kappa shape index (κ3) is 3.06. The van der Waals surface area contributed by atoms with Crippen LogP contribution in [-0.4, -0.2) is 29.4 Å². The molecule has 1 amide bonds. The molecule has 0 spiro atoms. The minimum Gasteiger partial charge on any atom is -0.338 e. The Morgan fingerprint density at radius 1 is 1.60 bits per heavy atom. The average molecular weight is 210 g/mol. The standard InChI is InChI=1S/C12H22N2O/c1-4-5-11(13)12(15)14-8-9(2)6-7-10(14)3/h4,9-11H,1,5-8,13H2,2-3H3. The van der Waals surface area contributed by atoms with E-state index in [1.165, 1.54) is 6.42 Å². The van der Waals surface area contributed by atoms with Gasteiger partial charge in [0, 0.05) is 12.6 Å². The van der Waals surface area contributed by atoms with Crippen LogP contribution in [0.2, 0.25) is 0 Å². The van der Waals surface area contributed by atoms with Gasteiger partial charge in [-0.1, -0.05) is 13.0 Å². The molecule has 3 heteroatoms. The molecule has 1 aliphatic rings. The topological polar surface area (TPSA) is 46.3 Å². The first-order valence-electron chi connectivity index (χ1n) is 5.73. The van der Waals surface area contributed by atoms with Crippen LogP contribution in [0.4, 0.5) is 0 Å². The number of carbonyl (C=O) groups is 1. The van der Waals surface area contributed by atoms with Crippen molar-refractivity contribution < 1.29 is 4.79 Å². The molecule has 3 nitrogen and oxygen atoms in total. The molecule has 15 heavy (non-hydrogen) atoms. The van der Waals surface area contributed by atoms with E-state index < -0.39 is 6.04 Å². The van der Waals surface area contributed by atoms with Crippen LogP contribution in [0.5, 0.6) is 0 Å². The van der Waals surface area contributed by atoms with Gasteiger partial charge in [-0.05, 0) is 32.1 Å². The normalized spacial score (nSPS) is 28.6. The van der Waals surface area contributed by atoms with E-state index in [9.17, 15) is 4.79 Å². The van der Waals surface area contributed by atoms with Crippen molar-refractivity contribution in [3.63, 3.8) is 0 Å². The Hall–Kier alpha value is -0.830. The van der Waals surface area contributed by atoms with E-state index in [-0.39, 0.29) is 5.91 Å².